The van der Waals surface area contributed by atoms with Gasteiger partial charge in [0.1, 0.15) is 6.26 Å². The Morgan fingerprint density at radius 2 is 1.60 bits per heavy atom. The van der Waals surface area contributed by atoms with Gasteiger partial charge in [0.05, 0.1) is 11.8 Å². The van der Waals surface area contributed by atoms with Crippen molar-refractivity contribution in [2.45, 2.75) is 12.2 Å². The van der Waals surface area contributed by atoms with Crippen molar-refractivity contribution >= 4 is 11.8 Å². The van der Waals surface area contributed by atoms with E-state index in [9.17, 15) is 22.8 Å². The number of piperazine rings is 1. The van der Waals surface area contributed by atoms with Crippen molar-refractivity contribution in [2.75, 3.05) is 39.3 Å². The molecule has 35 heavy (non-hydrogen) atoms. The summed E-state index contributed by atoms with van der Waals surface area (Å²) in [6.07, 6.45) is -1.58. The number of hydrogen-bond donors (Lipinski definition) is 0. The van der Waals surface area contributed by atoms with Crippen LogP contribution in [0.3, 0.4) is 0 Å². The van der Waals surface area contributed by atoms with Crippen molar-refractivity contribution < 1.29 is 27.2 Å². The molecule has 5 rings (SSSR count). The largest absolute Gasteiger partial charge is 0.441 e. The maximum atomic E-state index is 13.0. The average molecular weight is 484 g/mol. The van der Waals surface area contributed by atoms with Gasteiger partial charge in [-0.1, -0.05) is 24.3 Å². The normalized spacial score (nSPS) is 17.3. The van der Waals surface area contributed by atoms with E-state index in [0.29, 0.717) is 56.0 Å². The van der Waals surface area contributed by atoms with E-state index in [0.717, 1.165) is 12.1 Å². The molecule has 0 saturated carbocycles. The lowest BCUT2D eigenvalue weighted by Crippen LogP contribution is -2.64. The number of nitrogens with zero attached hydrogens (tertiary/aromatic N) is 4. The number of likely N-dealkylation sites (tertiary alicyclic amines) is 1. The van der Waals surface area contributed by atoms with Gasteiger partial charge in [-0.2, -0.15) is 13.2 Å². The molecule has 10 heteroatoms. The molecule has 0 aliphatic carbocycles. The van der Waals surface area contributed by atoms with E-state index in [4.69, 9.17) is 4.42 Å². The molecule has 2 aliphatic rings. The molecular weight excluding hydrogens is 461 g/mol. The van der Waals surface area contributed by atoms with Gasteiger partial charge in [-0.3, -0.25) is 14.5 Å². The minimum absolute atomic E-state index is 0.0953. The van der Waals surface area contributed by atoms with Crippen molar-refractivity contribution in [2.24, 2.45) is 0 Å². The third kappa shape index (κ3) is 4.79. The fourth-order valence-corrected chi connectivity index (χ4v) is 4.47. The zero-order chi connectivity index (χ0) is 24.6. The predicted molar refractivity (Wildman–Crippen MR) is 121 cm³/mol. The first kappa shape index (κ1) is 23.1. The van der Waals surface area contributed by atoms with Crippen LogP contribution in [-0.2, 0) is 6.18 Å². The number of oxazole rings is 1. The molecule has 7 nitrogen and oxygen atoms in total. The number of alkyl halides is 3. The molecule has 3 heterocycles. The number of carbonyl (C=O) groups is 2. The van der Waals surface area contributed by atoms with Crippen LogP contribution >= 0.6 is 0 Å². The Kier molecular flexibility index (Phi) is 6.06. The van der Waals surface area contributed by atoms with Crippen LogP contribution in [0.5, 0.6) is 0 Å². The van der Waals surface area contributed by atoms with Gasteiger partial charge in [-0.15, -0.1) is 0 Å². The molecule has 0 atom stereocenters. The first-order valence-electron chi connectivity index (χ1n) is 11.3. The fraction of sp³-hybridized carbons (Fsp3) is 0.320. The second kappa shape index (κ2) is 9.18. The second-order valence-electron chi connectivity index (χ2n) is 8.69. The maximum absolute atomic E-state index is 13.0. The highest BCUT2D eigenvalue weighted by molar-refractivity contribution is 5.95. The van der Waals surface area contributed by atoms with Gasteiger partial charge in [0.2, 0.25) is 0 Å². The number of aromatic nitrogens is 1. The molecule has 182 valence electrons. The number of rotatable bonds is 4. The lowest BCUT2D eigenvalue weighted by molar-refractivity contribution is -0.137. The van der Waals surface area contributed by atoms with Crippen LogP contribution in [0, 0.1) is 0 Å². The van der Waals surface area contributed by atoms with Gasteiger partial charge in [0.25, 0.3) is 11.8 Å². The van der Waals surface area contributed by atoms with Crippen LogP contribution in [0.1, 0.15) is 26.6 Å². The number of halogens is 3. The molecule has 0 radical (unpaired) electrons. The van der Waals surface area contributed by atoms with Crippen molar-refractivity contribution in [3.63, 3.8) is 0 Å². The fourth-order valence-electron chi connectivity index (χ4n) is 4.47. The summed E-state index contributed by atoms with van der Waals surface area (Å²) in [6.45, 7) is 3.77. The maximum Gasteiger partial charge on any atom is 0.416 e. The smallest absolute Gasteiger partial charge is 0.416 e. The van der Waals surface area contributed by atoms with Gasteiger partial charge in [-0.25, -0.2) is 4.98 Å². The lowest BCUT2D eigenvalue weighted by atomic mass is 10.00. The zero-order valence-electron chi connectivity index (χ0n) is 18.7. The Hall–Kier alpha value is -3.66. The summed E-state index contributed by atoms with van der Waals surface area (Å²) in [5.74, 6) is -0.221. The first-order chi connectivity index (χ1) is 16.8. The molecule has 0 N–H and O–H groups in total. The van der Waals surface area contributed by atoms with Crippen molar-refractivity contribution in [1.82, 2.24) is 19.7 Å². The molecule has 1 aromatic heterocycles. The third-order valence-corrected chi connectivity index (χ3v) is 6.54. The van der Waals surface area contributed by atoms with Gasteiger partial charge in [0, 0.05) is 50.9 Å². The van der Waals surface area contributed by atoms with Crippen LogP contribution in [0.25, 0.3) is 11.1 Å². The Labute approximate surface area is 199 Å². The number of benzene rings is 2. The first-order valence-corrected chi connectivity index (χ1v) is 11.3. The molecule has 2 saturated heterocycles. The number of amides is 2. The standard InChI is InChI=1S/C25H23F3N4O3/c26-25(27,28)20-3-1-2-19(14-20)17-4-6-18(7-5-17)23(33)32-15-21(16-32)30-9-11-31(12-10-30)24(34)22-29-8-13-35-22/h1-8,13-14,21H,9-12,15-16H2. The summed E-state index contributed by atoms with van der Waals surface area (Å²) < 4.78 is 44.1. The van der Waals surface area contributed by atoms with Crippen LogP contribution in [0.4, 0.5) is 13.2 Å². The molecule has 0 spiro atoms. The van der Waals surface area contributed by atoms with Gasteiger partial charge in [-0.05, 0) is 35.4 Å². The summed E-state index contributed by atoms with van der Waals surface area (Å²) in [5.41, 5.74) is 0.861. The van der Waals surface area contributed by atoms with Crippen LogP contribution in [0.2, 0.25) is 0 Å². The highest BCUT2D eigenvalue weighted by atomic mass is 19.4. The van der Waals surface area contributed by atoms with Crippen LogP contribution in [0.15, 0.2) is 65.4 Å². The Bertz CT molecular complexity index is 1200. The van der Waals surface area contributed by atoms with Gasteiger partial charge >= 0.3 is 12.1 Å². The van der Waals surface area contributed by atoms with Crippen LogP contribution < -0.4 is 0 Å². The van der Waals surface area contributed by atoms with Crippen molar-refractivity contribution in [3.05, 3.63) is 78.0 Å². The molecular formula is C25H23F3N4O3. The summed E-state index contributed by atoms with van der Waals surface area (Å²) >= 11 is 0. The lowest BCUT2D eigenvalue weighted by Gasteiger charge is -2.48. The van der Waals surface area contributed by atoms with E-state index >= 15 is 0 Å². The Morgan fingerprint density at radius 1 is 0.886 bits per heavy atom. The van der Waals surface area contributed by atoms with E-state index in [-0.39, 0.29) is 23.7 Å². The number of carbonyl (C=O) groups excluding carboxylic acids is 2. The average Bonchev–Trinajstić information content (AvgIpc) is 3.38. The Balaban J connectivity index is 1.14. The topological polar surface area (TPSA) is 69.9 Å². The second-order valence-corrected chi connectivity index (χ2v) is 8.69. The third-order valence-electron chi connectivity index (χ3n) is 6.54. The molecule has 2 aliphatic heterocycles. The minimum Gasteiger partial charge on any atom is -0.441 e. The summed E-state index contributed by atoms with van der Waals surface area (Å²) in [6, 6.07) is 12.0. The van der Waals surface area contributed by atoms with Gasteiger partial charge < -0.3 is 14.2 Å². The van der Waals surface area contributed by atoms with E-state index < -0.39 is 11.7 Å². The monoisotopic (exact) mass is 484 g/mol. The summed E-state index contributed by atoms with van der Waals surface area (Å²) in [5, 5.41) is 0. The highest BCUT2D eigenvalue weighted by Gasteiger charge is 2.37. The summed E-state index contributed by atoms with van der Waals surface area (Å²) in [4.78, 5) is 34.9. The zero-order valence-corrected chi connectivity index (χ0v) is 18.7. The van der Waals surface area contributed by atoms with E-state index in [1.165, 1.54) is 18.5 Å². The molecule has 3 aromatic rings. The predicted octanol–water partition coefficient (Wildman–Crippen LogP) is 3.64. The minimum atomic E-state index is -4.40. The summed E-state index contributed by atoms with van der Waals surface area (Å²) in [7, 11) is 0. The van der Waals surface area contributed by atoms with Crippen LogP contribution in [-0.4, -0.2) is 76.8 Å². The molecule has 2 amide bonds. The molecule has 2 fully saturated rings. The number of hydrogen-bond acceptors (Lipinski definition) is 5. The van der Waals surface area contributed by atoms with Gasteiger partial charge in [0.15, 0.2) is 0 Å². The SMILES string of the molecule is O=C(c1ccc(-c2cccc(C(F)(F)F)c2)cc1)N1CC(N2CCN(C(=O)c3ncco3)CC2)C1. The molecule has 0 unspecified atom stereocenters. The van der Waals surface area contributed by atoms with E-state index in [1.54, 1.807) is 40.1 Å². The van der Waals surface area contributed by atoms with E-state index in [2.05, 4.69) is 9.88 Å². The Morgan fingerprint density at radius 3 is 2.23 bits per heavy atom. The highest BCUT2D eigenvalue weighted by Crippen LogP contribution is 2.32. The molecule has 0 bridgehead atoms. The van der Waals surface area contributed by atoms with E-state index in [1.807, 2.05) is 0 Å². The van der Waals surface area contributed by atoms with Crippen molar-refractivity contribution in [1.29, 1.82) is 0 Å². The quantitative estimate of drug-likeness (QED) is 0.566. The van der Waals surface area contributed by atoms with Crippen molar-refractivity contribution in [3.8, 4) is 11.1 Å². The molecule has 2 aromatic carbocycles.